The van der Waals surface area contributed by atoms with Gasteiger partial charge in [-0.3, -0.25) is 4.79 Å². The van der Waals surface area contributed by atoms with E-state index < -0.39 is 18.0 Å². The Bertz CT molecular complexity index is 1110. The van der Waals surface area contributed by atoms with Gasteiger partial charge in [-0.05, 0) is 37.8 Å². The number of carbonyl (C=O) groups excluding carboxylic acids is 1. The Labute approximate surface area is 177 Å². The molecule has 1 amide bonds. The summed E-state index contributed by atoms with van der Waals surface area (Å²) in [6.07, 6.45) is 4.83. The van der Waals surface area contributed by atoms with Crippen molar-refractivity contribution >= 4 is 17.2 Å². The van der Waals surface area contributed by atoms with Crippen molar-refractivity contribution in [3.63, 3.8) is 0 Å². The summed E-state index contributed by atoms with van der Waals surface area (Å²) in [5.41, 5.74) is 1.64. The van der Waals surface area contributed by atoms with Crippen molar-refractivity contribution in [2.45, 2.75) is 44.1 Å². The molecule has 4 heterocycles. The molecule has 0 aromatic carbocycles. The lowest BCUT2D eigenvalue weighted by molar-refractivity contribution is 0.0846. The molecule has 162 valence electrons. The second kappa shape index (κ2) is 8.22. The Kier molecular flexibility index (Phi) is 5.27. The largest absolute Gasteiger partial charge is 0.488 e. The smallest absolute Gasteiger partial charge is 0.280 e. The molecule has 1 saturated carbocycles. The van der Waals surface area contributed by atoms with E-state index in [4.69, 9.17) is 14.5 Å². The fraction of sp³-hybridized carbons (Fsp3) is 0.409. The van der Waals surface area contributed by atoms with Crippen LogP contribution in [0, 0.1) is 0 Å². The van der Waals surface area contributed by atoms with Gasteiger partial charge in [0.25, 0.3) is 12.3 Å². The normalized spacial score (nSPS) is 17.3. The molecule has 9 heteroatoms. The second-order valence-corrected chi connectivity index (χ2v) is 7.89. The zero-order chi connectivity index (χ0) is 21.4. The summed E-state index contributed by atoms with van der Waals surface area (Å²) < 4.78 is 39.2. The van der Waals surface area contributed by atoms with Crippen molar-refractivity contribution < 1.29 is 23.0 Å². The summed E-state index contributed by atoms with van der Waals surface area (Å²) in [6, 6.07) is 5.80. The van der Waals surface area contributed by atoms with Crippen LogP contribution in [0.25, 0.3) is 5.65 Å². The lowest BCUT2D eigenvalue weighted by atomic mass is 9.97. The van der Waals surface area contributed by atoms with E-state index >= 15 is 0 Å². The molecule has 5 rings (SSSR count). The van der Waals surface area contributed by atoms with Crippen molar-refractivity contribution in [2.24, 2.45) is 0 Å². The fourth-order valence-corrected chi connectivity index (χ4v) is 3.67. The van der Waals surface area contributed by atoms with E-state index in [1.807, 2.05) is 10.6 Å². The number of anilines is 1. The summed E-state index contributed by atoms with van der Waals surface area (Å²) in [6.45, 7) is 1.45. The predicted octanol–water partition coefficient (Wildman–Crippen LogP) is 4.35. The third-order valence-corrected chi connectivity index (χ3v) is 5.51. The number of nitrogens with zero attached hydrogens (tertiary/aromatic N) is 3. The van der Waals surface area contributed by atoms with Crippen LogP contribution >= 0.6 is 0 Å². The number of pyridine rings is 2. The Morgan fingerprint density at radius 3 is 2.71 bits per heavy atom. The Morgan fingerprint density at radius 1 is 1.16 bits per heavy atom. The van der Waals surface area contributed by atoms with Crippen LogP contribution < -0.4 is 10.1 Å². The number of halogens is 2. The van der Waals surface area contributed by atoms with Gasteiger partial charge in [0.15, 0.2) is 0 Å². The van der Waals surface area contributed by atoms with E-state index in [0.29, 0.717) is 17.4 Å². The predicted molar refractivity (Wildman–Crippen MR) is 109 cm³/mol. The van der Waals surface area contributed by atoms with Crippen LogP contribution in [-0.2, 0) is 4.74 Å². The van der Waals surface area contributed by atoms with Crippen LogP contribution in [0.1, 0.15) is 59.9 Å². The van der Waals surface area contributed by atoms with E-state index in [1.165, 1.54) is 18.2 Å². The molecule has 0 bridgehead atoms. The fourth-order valence-electron chi connectivity index (χ4n) is 3.67. The van der Waals surface area contributed by atoms with Crippen molar-refractivity contribution in [1.82, 2.24) is 14.4 Å². The summed E-state index contributed by atoms with van der Waals surface area (Å²) in [7, 11) is 0. The molecule has 1 saturated heterocycles. The molecule has 3 aromatic rings. The van der Waals surface area contributed by atoms with E-state index in [2.05, 4.69) is 10.3 Å². The standard InChI is InChI=1S/C22H22F2N4O3/c23-21(24)15-2-1-3-16(25-15)22(29)27-18-12-28-11-17(13-6-8-30-9-7-13)26-20(28)10-19(18)31-14-4-5-14/h1-3,10-14,21H,4-9H2,(H,27,29). The van der Waals surface area contributed by atoms with Gasteiger partial charge in [-0.25, -0.2) is 18.7 Å². The van der Waals surface area contributed by atoms with Gasteiger partial charge in [-0.15, -0.1) is 0 Å². The third-order valence-electron chi connectivity index (χ3n) is 5.51. The van der Waals surface area contributed by atoms with Crippen LogP contribution in [-0.4, -0.2) is 39.6 Å². The van der Waals surface area contributed by atoms with Gasteiger partial charge in [-0.1, -0.05) is 6.07 Å². The molecule has 1 aliphatic heterocycles. The number of imidazole rings is 1. The summed E-state index contributed by atoms with van der Waals surface area (Å²) >= 11 is 0. The molecule has 0 spiro atoms. The molecule has 2 aliphatic rings. The second-order valence-electron chi connectivity index (χ2n) is 7.89. The van der Waals surface area contributed by atoms with Gasteiger partial charge in [0.2, 0.25) is 0 Å². The average molecular weight is 428 g/mol. The number of carbonyl (C=O) groups is 1. The Balaban J connectivity index is 1.45. The Morgan fingerprint density at radius 2 is 1.97 bits per heavy atom. The number of amides is 1. The topological polar surface area (TPSA) is 77.8 Å². The van der Waals surface area contributed by atoms with Gasteiger partial charge >= 0.3 is 0 Å². The minimum Gasteiger partial charge on any atom is -0.488 e. The van der Waals surface area contributed by atoms with Crippen molar-refractivity contribution in [3.05, 3.63) is 53.7 Å². The molecular formula is C22H22F2N4O3. The maximum atomic E-state index is 12.9. The van der Waals surface area contributed by atoms with Gasteiger partial charge < -0.3 is 19.2 Å². The van der Waals surface area contributed by atoms with E-state index in [9.17, 15) is 13.6 Å². The first-order valence-corrected chi connectivity index (χ1v) is 10.4. The SMILES string of the molecule is O=C(Nc1cn2cc(C3CCOCC3)nc2cc1OC1CC1)c1cccc(C(F)F)n1. The number of fused-ring (bicyclic) bond motifs is 1. The molecule has 0 radical (unpaired) electrons. The molecule has 0 atom stereocenters. The molecule has 0 unspecified atom stereocenters. The first-order chi connectivity index (χ1) is 15.1. The van der Waals surface area contributed by atoms with E-state index in [0.717, 1.165) is 50.2 Å². The highest BCUT2D eigenvalue weighted by Crippen LogP contribution is 2.34. The molecule has 2 fully saturated rings. The van der Waals surface area contributed by atoms with Crippen LogP contribution in [0.15, 0.2) is 36.7 Å². The van der Waals surface area contributed by atoms with Crippen LogP contribution in [0.2, 0.25) is 0 Å². The van der Waals surface area contributed by atoms with Gasteiger partial charge in [0, 0.05) is 37.6 Å². The number of ether oxygens (including phenoxy) is 2. The zero-order valence-corrected chi connectivity index (χ0v) is 16.8. The first kappa shape index (κ1) is 19.9. The molecular weight excluding hydrogens is 406 g/mol. The third kappa shape index (κ3) is 4.36. The van der Waals surface area contributed by atoms with Crippen molar-refractivity contribution in [3.8, 4) is 5.75 Å². The van der Waals surface area contributed by atoms with Crippen molar-refractivity contribution in [1.29, 1.82) is 0 Å². The lowest BCUT2D eigenvalue weighted by Crippen LogP contribution is -2.16. The average Bonchev–Trinajstić information content (AvgIpc) is 3.51. The quantitative estimate of drug-likeness (QED) is 0.632. The summed E-state index contributed by atoms with van der Waals surface area (Å²) in [5.74, 6) is 0.269. The summed E-state index contributed by atoms with van der Waals surface area (Å²) in [5, 5.41) is 2.77. The summed E-state index contributed by atoms with van der Waals surface area (Å²) in [4.78, 5) is 21.2. The van der Waals surface area contributed by atoms with Crippen LogP contribution in [0.5, 0.6) is 5.75 Å². The van der Waals surface area contributed by atoms with Gasteiger partial charge in [0.05, 0.1) is 11.8 Å². The van der Waals surface area contributed by atoms with Crippen molar-refractivity contribution in [2.75, 3.05) is 18.5 Å². The first-order valence-electron chi connectivity index (χ1n) is 10.4. The Hall–Kier alpha value is -3.07. The molecule has 7 nitrogen and oxygen atoms in total. The maximum Gasteiger partial charge on any atom is 0.280 e. The number of aromatic nitrogens is 3. The molecule has 1 N–H and O–H groups in total. The molecule has 31 heavy (non-hydrogen) atoms. The van der Waals surface area contributed by atoms with Crippen LogP contribution in [0.3, 0.4) is 0 Å². The van der Waals surface area contributed by atoms with E-state index in [-0.39, 0.29) is 11.8 Å². The van der Waals surface area contributed by atoms with Gasteiger partial charge in [-0.2, -0.15) is 0 Å². The number of hydrogen-bond donors (Lipinski definition) is 1. The number of hydrogen-bond acceptors (Lipinski definition) is 5. The van der Waals surface area contributed by atoms with E-state index in [1.54, 1.807) is 12.3 Å². The molecule has 1 aliphatic carbocycles. The minimum atomic E-state index is -2.74. The lowest BCUT2D eigenvalue weighted by Gasteiger charge is -2.19. The maximum absolute atomic E-state index is 12.9. The number of rotatable bonds is 6. The number of alkyl halides is 2. The highest BCUT2D eigenvalue weighted by molar-refractivity contribution is 6.03. The number of nitrogens with one attached hydrogen (secondary N) is 1. The highest BCUT2D eigenvalue weighted by atomic mass is 19.3. The van der Waals surface area contributed by atoms with Gasteiger partial charge in [0.1, 0.15) is 28.5 Å². The molecule has 3 aromatic heterocycles. The van der Waals surface area contributed by atoms with Crippen LogP contribution in [0.4, 0.5) is 14.5 Å². The zero-order valence-electron chi connectivity index (χ0n) is 16.8. The highest BCUT2D eigenvalue weighted by Gasteiger charge is 2.26. The monoisotopic (exact) mass is 428 g/mol. The minimum absolute atomic E-state index is 0.0798.